The van der Waals surface area contributed by atoms with Gasteiger partial charge < -0.3 is 9.84 Å². The minimum atomic E-state index is 0.0811. The summed E-state index contributed by atoms with van der Waals surface area (Å²) < 4.78 is 6.83. The van der Waals surface area contributed by atoms with E-state index >= 15 is 0 Å². The van der Waals surface area contributed by atoms with Gasteiger partial charge in [-0.15, -0.1) is 0 Å². The molecule has 0 unspecified atom stereocenters. The van der Waals surface area contributed by atoms with E-state index in [1.165, 1.54) is 0 Å². The van der Waals surface area contributed by atoms with Crippen molar-refractivity contribution in [2.75, 3.05) is 0 Å². The summed E-state index contributed by atoms with van der Waals surface area (Å²) in [5.41, 5.74) is 2.02. The van der Waals surface area contributed by atoms with Gasteiger partial charge in [-0.05, 0) is 45.9 Å². The summed E-state index contributed by atoms with van der Waals surface area (Å²) in [4.78, 5) is 0. The van der Waals surface area contributed by atoms with Crippen LogP contribution in [0.1, 0.15) is 11.1 Å². The maximum atomic E-state index is 8.94. The normalized spacial score (nSPS) is 10.2. The highest BCUT2D eigenvalue weighted by molar-refractivity contribution is 14.1. The zero-order valence-corrected chi connectivity index (χ0v) is 11.4. The number of benzene rings is 2. The molecule has 0 heterocycles. The van der Waals surface area contributed by atoms with Gasteiger partial charge in [0.05, 0.1) is 10.2 Å². The predicted molar refractivity (Wildman–Crippen MR) is 75.9 cm³/mol. The Labute approximate surface area is 114 Å². The lowest BCUT2D eigenvalue weighted by atomic mass is 10.1. The van der Waals surface area contributed by atoms with Crippen LogP contribution in [-0.2, 0) is 13.2 Å². The second-order valence-electron chi connectivity index (χ2n) is 3.69. The summed E-state index contributed by atoms with van der Waals surface area (Å²) in [6, 6.07) is 15.7. The fourth-order valence-electron chi connectivity index (χ4n) is 1.46. The first-order chi connectivity index (χ1) is 8.29. The number of halogens is 1. The van der Waals surface area contributed by atoms with Gasteiger partial charge in [-0.25, -0.2) is 0 Å². The lowest BCUT2D eigenvalue weighted by Gasteiger charge is -2.08. The van der Waals surface area contributed by atoms with Gasteiger partial charge in [0.15, 0.2) is 0 Å². The molecule has 0 spiro atoms. The van der Waals surface area contributed by atoms with E-state index < -0.39 is 0 Å². The zero-order chi connectivity index (χ0) is 12.1. The van der Waals surface area contributed by atoms with Gasteiger partial charge in [-0.3, -0.25) is 0 Å². The molecule has 0 saturated heterocycles. The molecule has 2 aromatic rings. The largest absolute Gasteiger partial charge is 0.488 e. The first-order valence-corrected chi connectivity index (χ1v) is 6.43. The number of hydrogen-bond donors (Lipinski definition) is 1. The smallest absolute Gasteiger partial charge is 0.133 e. The van der Waals surface area contributed by atoms with E-state index in [0.29, 0.717) is 6.61 Å². The summed E-state index contributed by atoms with van der Waals surface area (Å²) in [5, 5.41) is 8.94. The molecular formula is C14H13IO2. The van der Waals surface area contributed by atoms with Crippen molar-refractivity contribution in [3.8, 4) is 5.75 Å². The van der Waals surface area contributed by atoms with Crippen LogP contribution < -0.4 is 4.74 Å². The average Bonchev–Trinajstić information content (AvgIpc) is 2.38. The molecule has 88 valence electrons. The van der Waals surface area contributed by atoms with Gasteiger partial charge >= 0.3 is 0 Å². The SMILES string of the molecule is OCc1ccc(COc2ccccc2I)cc1. The van der Waals surface area contributed by atoms with Crippen LogP contribution in [0.15, 0.2) is 48.5 Å². The Morgan fingerprint density at radius 2 is 1.59 bits per heavy atom. The molecular weight excluding hydrogens is 327 g/mol. The van der Waals surface area contributed by atoms with Crippen LogP contribution in [-0.4, -0.2) is 5.11 Å². The first-order valence-electron chi connectivity index (χ1n) is 5.35. The Balaban J connectivity index is 2.00. The van der Waals surface area contributed by atoms with Crippen molar-refractivity contribution >= 4 is 22.6 Å². The fourth-order valence-corrected chi connectivity index (χ4v) is 2.01. The first kappa shape index (κ1) is 12.4. The number of para-hydroxylation sites is 1. The zero-order valence-electron chi connectivity index (χ0n) is 9.27. The quantitative estimate of drug-likeness (QED) is 0.865. The Morgan fingerprint density at radius 3 is 2.24 bits per heavy atom. The lowest BCUT2D eigenvalue weighted by molar-refractivity contribution is 0.281. The Kier molecular flexibility index (Phi) is 4.39. The molecule has 2 nitrogen and oxygen atoms in total. The van der Waals surface area contributed by atoms with Gasteiger partial charge in [0.25, 0.3) is 0 Å². The minimum absolute atomic E-state index is 0.0811. The molecule has 0 fully saturated rings. The van der Waals surface area contributed by atoms with E-state index in [-0.39, 0.29) is 6.61 Å². The standard InChI is InChI=1S/C14H13IO2/c15-13-3-1-2-4-14(13)17-10-12-7-5-11(9-16)6-8-12/h1-8,16H,9-10H2. The average molecular weight is 340 g/mol. The highest BCUT2D eigenvalue weighted by Gasteiger charge is 2.00. The summed E-state index contributed by atoms with van der Waals surface area (Å²) >= 11 is 2.26. The fraction of sp³-hybridized carbons (Fsp3) is 0.143. The van der Waals surface area contributed by atoms with Crippen molar-refractivity contribution in [2.45, 2.75) is 13.2 Å². The Bertz CT molecular complexity index is 480. The molecule has 1 N–H and O–H groups in total. The van der Waals surface area contributed by atoms with Crippen molar-refractivity contribution in [2.24, 2.45) is 0 Å². The predicted octanol–water partition coefficient (Wildman–Crippen LogP) is 3.36. The molecule has 0 saturated carbocycles. The molecule has 0 bridgehead atoms. The van der Waals surface area contributed by atoms with E-state index in [0.717, 1.165) is 20.4 Å². The maximum Gasteiger partial charge on any atom is 0.133 e. The molecule has 0 atom stereocenters. The van der Waals surface area contributed by atoms with E-state index in [1.54, 1.807) is 0 Å². The second-order valence-corrected chi connectivity index (χ2v) is 4.86. The van der Waals surface area contributed by atoms with Crippen LogP contribution in [0.3, 0.4) is 0 Å². The number of aliphatic hydroxyl groups is 1. The van der Waals surface area contributed by atoms with Crippen LogP contribution in [0, 0.1) is 3.57 Å². The van der Waals surface area contributed by atoms with Crippen LogP contribution >= 0.6 is 22.6 Å². The van der Waals surface area contributed by atoms with E-state index in [4.69, 9.17) is 9.84 Å². The van der Waals surface area contributed by atoms with Crippen molar-refractivity contribution in [3.05, 3.63) is 63.2 Å². The highest BCUT2D eigenvalue weighted by Crippen LogP contribution is 2.20. The molecule has 0 aliphatic heterocycles. The molecule has 0 amide bonds. The Hall–Kier alpha value is -1.07. The number of ether oxygens (including phenoxy) is 1. The molecule has 3 heteroatoms. The third-order valence-electron chi connectivity index (χ3n) is 2.44. The molecule has 2 rings (SSSR count). The van der Waals surface area contributed by atoms with Crippen molar-refractivity contribution < 1.29 is 9.84 Å². The summed E-state index contributed by atoms with van der Waals surface area (Å²) in [7, 11) is 0. The van der Waals surface area contributed by atoms with Crippen LogP contribution in [0.5, 0.6) is 5.75 Å². The molecule has 2 aromatic carbocycles. The van der Waals surface area contributed by atoms with Crippen molar-refractivity contribution in [1.82, 2.24) is 0 Å². The van der Waals surface area contributed by atoms with E-state index in [1.807, 2.05) is 48.5 Å². The van der Waals surface area contributed by atoms with Crippen LogP contribution in [0.25, 0.3) is 0 Å². The monoisotopic (exact) mass is 340 g/mol. The Morgan fingerprint density at radius 1 is 0.941 bits per heavy atom. The second kappa shape index (κ2) is 6.02. The van der Waals surface area contributed by atoms with Gasteiger partial charge in [0.2, 0.25) is 0 Å². The van der Waals surface area contributed by atoms with E-state index in [9.17, 15) is 0 Å². The summed E-state index contributed by atoms with van der Waals surface area (Å²) in [5.74, 6) is 0.902. The van der Waals surface area contributed by atoms with Crippen LogP contribution in [0.2, 0.25) is 0 Å². The van der Waals surface area contributed by atoms with E-state index in [2.05, 4.69) is 22.6 Å². The third-order valence-corrected chi connectivity index (χ3v) is 3.33. The lowest BCUT2D eigenvalue weighted by Crippen LogP contribution is -1.97. The van der Waals surface area contributed by atoms with Gasteiger partial charge in [-0.2, -0.15) is 0 Å². The van der Waals surface area contributed by atoms with Crippen LogP contribution in [0.4, 0.5) is 0 Å². The number of rotatable bonds is 4. The van der Waals surface area contributed by atoms with Crippen molar-refractivity contribution in [3.63, 3.8) is 0 Å². The minimum Gasteiger partial charge on any atom is -0.488 e. The van der Waals surface area contributed by atoms with Crippen molar-refractivity contribution in [1.29, 1.82) is 0 Å². The third kappa shape index (κ3) is 3.44. The maximum absolute atomic E-state index is 8.94. The summed E-state index contributed by atoms with van der Waals surface area (Å²) in [6.07, 6.45) is 0. The number of hydrogen-bond acceptors (Lipinski definition) is 2. The molecule has 0 aliphatic rings. The molecule has 0 aromatic heterocycles. The number of aliphatic hydroxyl groups excluding tert-OH is 1. The van der Waals surface area contributed by atoms with Gasteiger partial charge in [0, 0.05) is 0 Å². The highest BCUT2D eigenvalue weighted by atomic mass is 127. The van der Waals surface area contributed by atoms with Gasteiger partial charge in [0.1, 0.15) is 12.4 Å². The summed E-state index contributed by atoms with van der Waals surface area (Å²) in [6.45, 7) is 0.628. The topological polar surface area (TPSA) is 29.5 Å². The molecule has 0 aliphatic carbocycles. The molecule has 0 radical (unpaired) electrons. The molecule has 17 heavy (non-hydrogen) atoms. The van der Waals surface area contributed by atoms with Gasteiger partial charge in [-0.1, -0.05) is 36.4 Å².